The predicted octanol–water partition coefficient (Wildman–Crippen LogP) is 5.74. The largest absolute Gasteiger partial charge is 0.508 e. The predicted molar refractivity (Wildman–Crippen MR) is 175 cm³/mol. The van der Waals surface area contributed by atoms with Gasteiger partial charge in [0.15, 0.2) is 5.78 Å². The van der Waals surface area contributed by atoms with Crippen molar-refractivity contribution in [3.63, 3.8) is 0 Å². The lowest BCUT2D eigenvalue weighted by molar-refractivity contribution is -0.144. The van der Waals surface area contributed by atoms with E-state index in [0.29, 0.717) is 36.8 Å². The molecule has 0 aromatic heterocycles. The van der Waals surface area contributed by atoms with E-state index in [-0.39, 0.29) is 29.4 Å². The lowest BCUT2D eigenvalue weighted by Crippen LogP contribution is -2.53. The van der Waals surface area contributed by atoms with Crippen molar-refractivity contribution in [1.82, 2.24) is 10.6 Å². The van der Waals surface area contributed by atoms with E-state index in [1.54, 1.807) is 19.1 Å². The van der Waals surface area contributed by atoms with Crippen LogP contribution in [-0.4, -0.2) is 40.0 Å². The van der Waals surface area contributed by atoms with Crippen LogP contribution in [0.15, 0.2) is 66.7 Å². The molecule has 5 rings (SSSR count). The first kappa shape index (κ1) is 32.4. The highest BCUT2D eigenvalue weighted by Gasteiger charge is 2.46. The van der Waals surface area contributed by atoms with Crippen molar-refractivity contribution in [1.29, 1.82) is 0 Å². The highest BCUT2D eigenvalue weighted by molar-refractivity contribution is 5.97. The SMILES string of the molecule is Cc1cccc(C)c1CNC(=O)[C@@H]1C[C@@H]2CCCC[C@@H]2CC1C(=O)[C@@H](O)[C@H](Cc1ccccc1)NC(=O)c1cccc(O)c1C. The number of aryl methyl sites for hydroxylation is 2. The van der Waals surface area contributed by atoms with Gasteiger partial charge in [-0.15, -0.1) is 0 Å². The number of fused-ring (bicyclic) bond motifs is 1. The highest BCUT2D eigenvalue weighted by Crippen LogP contribution is 2.46. The van der Waals surface area contributed by atoms with Crippen molar-refractivity contribution in [3.05, 3.63) is 100 Å². The number of Topliss-reactive ketones (excluding diaryl/α,β-unsaturated/α-hetero) is 1. The lowest BCUT2D eigenvalue weighted by atomic mass is 9.61. The van der Waals surface area contributed by atoms with Crippen LogP contribution in [0.25, 0.3) is 0 Å². The molecule has 238 valence electrons. The molecule has 0 radical (unpaired) electrons. The maximum Gasteiger partial charge on any atom is 0.252 e. The Morgan fingerprint density at radius 1 is 0.822 bits per heavy atom. The van der Waals surface area contributed by atoms with Gasteiger partial charge in [0.1, 0.15) is 11.9 Å². The Balaban J connectivity index is 1.40. The summed E-state index contributed by atoms with van der Waals surface area (Å²) in [5, 5.41) is 28.0. The second-order valence-electron chi connectivity index (χ2n) is 13.1. The molecule has 3 aromatic carbocycles. The third-order valence-electron chi connectivity index (χ3n) is 10.3. The van der Waals surface area contributed by atoms with E-state index < -0.39 is 29.9 Å². The number of carbonyl (C=O) groups is 3. The summed E-state index contributed by atoms with van der Waals surface area (Å²) in [4.78, 5) is 41.6. The van der Waals surface area contributed by atoms with E-state index in [1.165, 1.54) is 6.07 Å². The summed E-state index contributed by atoms with van der Waals surface area (Å²) in [5.74, 6) is -1.46. The molecule has 2 aliphatic carbocycles. The van der Waals surface area contributed by atoms with Crippen molar-refractivity contribution in [2.75, 3.05) is 0 Å². The third kappa shape index (κ3) is 7.47. The van der Waals surface area contributed by atoms with Crippen LogP contribution in [0, 0.1) is 44.4 Å². The quantitative estimate of drug-likeness (QED) is 0.234. The topological polar surface area (TPSA) is 116 Å². The number of aliphatic hydroxyl groups excluding tert-OH is 1. The molecule has 7 nitrogen and oxygen atoms in total. The van der Waals surface area contributed by atoms with Crippen molar-refractivity contribution in [2.45, 2.75) is 84.4 Å². The van der Waals surface area contributed by atoms with Crippen molar-refractivity contribution in [3.8, 4) is 5.75 Å². The minimum Gasteiger partial charge on any atom is -0.508 e. The molecule has 0 aliphatic heterocycles. The van der Waals surface area contributed by atoms with Crippen LogP contribution in [0.3, 0.4) is 0 Å². The smallest absolute Gasteiger partial charge is 0.252 e. The Bertz CT molecular complexity index is 1500. The van der Waals surface area contributed by atoms with Gasteiger partial charge in [0, 0.05) is 29.5 Å². The summed E-state index contributed by atoms with van der Waals surface area (Å²) in [7, 11) is 0. The Labute approximate surface area is 266 Å². The molecule has 2 saturated carbocycles. The minimum atomic E-state index is -1.51. The minimum absolute atomic E-state index is 0.00197. The molecule has 1 unspecified atom stereocenters. The second kappa shape index (κ2) is 14.4. The molecule has 4 N–H and O–H groups in total. The van der Waals surface area contributed by atoms with Gasteiger partial charge in [0.2, 0.25) is 5.91 Å². The molecule has 7 heteroatoms. The van der Waals surface area contributed by atoms with E-state index in [0.717, 1.165) is 47.9 Å². The van der Waals surface area contributed by atoms with Crippen LogP contribution in [-0.2, 0) is 22.6 Å². The van der Waals surface area contributed by atoms with Gasteiger partial charge >= 0.3 is 0 Å². The zero-order valence-electron chi connectivity index (χ0n) is 26.6. The van der Waals surface area contributed by atoms with E-state index in [9.17, 15) is 24.6 Å². The number of phenolic OH excluding ortho intramolecular Hbond substituents is 1. The molecule has 0 saturated heterocycles. The molecule has 6 atom stereocenters. The van der Waals surface area contributed by atoms with Gasteiger partial charge in [-0.25, -0.2) is 0 Å². The van der Waals surface area contributed by atoms with Gasteiger partial charge < -0.3 is 20.8 Å². The molecular formula is C38H46N2O5. The van der Waals surface area contributed by atoms with Crippen molar-refractivity contribution in [2.24, 2.45) is 23.7 Å². The summed E-state index contributed by atoms with van der Waals surface area (Å²) in [5.41, 5.74) is 4.85. The van der Waals surface area contributed by atoms with Crippen LogP contribution >= 0.6 is 0 Å². The normalized spacial score (nSPS) is 22.5. The molecule has 2 fully saturated rings. The molecular weight excluding hydrogens is 564 g/mol. The first-order chi connectivity index (χ1) is 21.6. The van der Waals surface area contributed by atoms with E-state index in [2.05, 4.69) is 10.6 Å². The molecule has 2 amide bonds. The van der Waals surface area contributed by atoms with E-state index in [4.69, 9.17) is 0 Å². The Morgan fingerprint density at radius 2 is 1.44 bits per heavy atom. The Kier molecular flexibility index (Phi) is 10.4. The third-order valence-corrected chi connectivity index (χ3v) is 10.3. The number of aliphatic hydroxyl groups is 1. The zero-order chi connectivity index (χ0) is 32.1. The standard InChI is InChI=1S/C38H46N2O5/c1-23-11-9-12-24(2)32(23)22-39-37(44)31-21-28-16-8-7-15-27(28)20-30(31)35(42)36(43)33(19-26-13-5-4-6-14-26)40-38(45)29-17-10-18-34(41)25(29)3/h4-6,9-14,17-18,27-28,30-31,33,36,41,43H,7-8,15-16,19-22H2,1-3H3,(H,39,44)(H,40,45)/t27-,28+,30?,31-,33+,36+/m1/s1. The maximum absolute atomic E-state index is 14.3. The van der Waals surface area contributed by atoms with Gasteiger partial charge in [-0.1, -0.05) is 80.3 Å². The average molecular weight is 611 g/mol. The molecule has 45 heavy (non-hydrogen) atoms. The number of benzene rings is 3. The highest BCUT2D eigenvalue weighted by atomic mass is 16.3. The van der Waals surface area contributed by atoms with E-state index in [1.807, 2.05) is 62.4 Å². The summed E-state index contributed by atoms with van der Waals surface area (Å²) in [6, 6.07) is 19.3. The number of phenols is 1. The number of hydrogen-bond donors (Lipinski definition) is 4. The molecule has 0 spiro atoms. The van der Waals surface area contributed by atoms with Gasteiger partial charge in [-0.2, -0.15) is 0 Å². The molecule has 3 aromatic rings. The van der Waals surface area contributed by atoms with Crippen LogP contribution in [0.1, 0.15) is 76.7 Å². The maximum atomic E-state index is 14.3. The average Bonchev–Trinajstić information content (AvgIpc) is 3.04. The van der Waals surface area contributed by atoms with Gasteiger partial charge in [0.25, 0.3) is 5.91 Å². The van der Waals surface area contributed by atoms with Crippen molar-refractivity contribution >= 4 is 17.6 Å². The summed E-state index contributed by atoms with van der Waals surface area (Å²) in [6.07, 6.45) is 4.27. The summed E-state index contributed by atoms with van der Waals surface area (Å²) >= 11 is 0. The number of ketones is 1. The van der Waals surface area contributed by atoms with Gasteiger partial charge in [-0.3, -0.25) is 14.4 Å². The first-order valence-corrected chi connectivity index (χ1v) is 16.3. The van der Waals surface area contributed by atoms with Gasteiger partial charge in [-0.05, 0) is 86.3 Å². The van der Waals surface area contributed by atoms with Crippen LogP contribution < -0.4 is 10.6 Å². The fourth-order valence-electron chi connectivity index (χ4n) is 7.57. The number of aromatic hydroxyl groups is 1. The fraction of sp³-hybridized carbons (Fsp3) is 0.447. The van der Waals surface area contributed by atoms with E-state index >= 15 is 0 Å². The molecule has 0 heterocycles. The monoisotopic (exact) mass is 610 g/mol. The summed E-state index contributed by atoms with van der Waals surface area (Å²) in [6.45, 7) is 6.11. The lowest BCUT2D eigenvalue weighted by Gasteiger charge is -2.43. The van der Waals surface area contributed by atoms with Crippen LogP contribution in [0.5, 0.6) is 5.75 Å². The zero-order valence-corrected chi connectivity index (χ0v) is 26.6. The summed E-state index contributed by atoms with van der Waals surface area (Å²) < 4.78 is 0. The number of amides is 2. The molecule has 0 bridgehead atoms. The Morgan fingerprint density at radius 3 is 2.11 bits per heavy atom. The van der Waals surface area contributed by atoms with Crippen LogP contribution in [0.2, 0.25) is 0 Å². The first-order valence-electron chi connectivity index (χ1n) is 16.3. The van der Waals surface area contributed by atoms with Crippen molar-refractivity contribution < 1.29 is 24.6 Å². The number of hydrogen-bond acceptors (Lipinski definition) is 5. The number of rotatable bonds is 10. The Hall–Kier alpha value is -3.97. The number of nitrogens with one attached hydrogen (secondary N) is 2. The number of carbonyl (C=O) groups excluding carboxylic acids is 3. The molecule has 2 aliphatic rings. The fourth-order valence-corrected chi connectivity index (χ4v) is 7.57. The van der Waals surface area contributed by atoms with Crippen LogP contribution in [0.4, 0.5) is 0 Å². The van der Waals surface area contributed by atoms with Gasteiger partial charge in [0.05, 0.1) is 6.04 Å². The second-order valence-corrected chi connectivity index (χ2v) is 13.1.